The molecule has 98 heavy (non-hydrogen) atoms. The predicted molar refractivity (Wildman–Crippen MR) is 411 cm³/mol. The van der Waals surface area contributed by atoms with Gasteiger partial charge in [-0.2, -0.15) is 5.26 Å². The molecule has 0 saturated heterocycles. The van der Waals surface area contributed by atoms with E-state index >= 15 is 0 Å². The molecule has 0 amide bonds. The number of hydrogen-bond acceptors (Lipinski definition) is 2. The van der Waals surface area contributed by atoms with Crippen LogP contribution in [0.1, 0.15) is 50.3 Å². The van der Waals surface area contributed by atoms with Crippen molar-refractivity contribution in [2.24, 2.45) is 0 Å². The Morgan fingerprint density at radius 3 is 0.745 bits per heavy atom. The van der Waals surface area contributed by atoms with Crippen LogP contribution < -0.4 is 0 Å². The summed E-state index contributed by atoms with van der Waals surface area (Å²) in [7, 11) is 0. The monoisotopic (exact) mass is 1260 g/mol. The van der Waals surface area contributed by atoms with Gasteiger partial charge in [0.1, 0.15) is 6.07 Å². The fourth-order valence-electron chi connectivity index (χ4n) is 16.2. The maximum Gasteiger partial charge on any atom is 0.100 e. The number of rotatable bonds is 9. The Morgan fingerprint density at radius 1 is 0.235 bits per heavy atom. The predicted octanol–water partition coefficient (Wildman–Crippen LogP) is 24.1. The summed E-state index contributed by atoms with van der Waals surface area (Å²) in [6.07, 6.45) is 0. The molecule has 18 aromatic rings. The lowest BCUT2D eigenvalue weighted by Crippen LogP contribution is -2.04. The minimum absolute atomic E-state index is 0.579. The number of hydrogen-bond donors (Lipinski definition) is 0. The van der Waals surface area contributed by atoms with E-state index in [1.54, 1.807) is 0 Å². The van der Waals surface area contributed by atoms with Crippen molar-refractivity contribution in [3.63, 3.8) is 0 Å². The van der Waals surface area contributed by atoms with E-state index in [0.717, 1.165) is 134 Å². The summed E-state index contributed by atoms with van der Waals surface area (Å²) in [6.45, 7) is 17.2. The number of para-hydroxylation sites is 2. The maximum atomic E-state index is 12.6. The second-order valence-electron chi connectivity index (χ2n) is 27.2. The molecule has 0 N–H and O–H groups in total. The summed E-state index contributed by atoms with van der Waals surface area (Å²) in [4.78, 5) is 4.99. The molecule has 6 heteroatoms. The van der Waals surface area contributed by atoms with Crippen molar-refractivity contribution >= 4 is 87.2 Å². The average Bonchev–Trinajstić information content (AvgIpc) is 1.03. The van der Waals surface area contributed by atoms with Gasteiger partial charge in [0.2, 0.25) is 0 Å². The summed E-state index contributed by atoms with van der Waals surface area (Å²) >= 11 is 0. The summed E-state index contributed by atoms with van der Waals surface area (Å²) < 4.78 is 9.59. The van der Waals surface area contributed by atoms with Crippen LogP contribution in [0.15, 0.2) is 267 Å². The van der Waals surface area contributed by atoms with E-state index in [4.69, 9.17) is 4.98 Å². The Labute approximate surface area is 569 Å². The van der Waals surface area contributed by atoms with Gasteiger partial charge in [-0.05, 0) is 245 Å². The van der Waals surface area contributed by atoms with Gasteiger partial charge in [-0.25, -0.2) is 0 Å². The number of pyridine rings is 1. The third kappa shape index (κ3) is 9.18. The average molecular weight is 1260 g/mol. The topological polar surface area (TPSA) is 56.4 Å². The Kier molecular flexibility index (Phi) is 13.3. The summed E-state index contributed by atoms with van der Waals surface area (Å²) in [5.74, 6) is 0. The summed E-state index contributed by atoms with van der Waals surface area (Å²) in [5.41, 5.74) is 32.5. The molecule has 13 aromatic carbocycles. The minimum Gasteiger partial charge on any atom is -0.309 e. The zero-order chi connectivity index (χ0) is 66.4. The van der Waals surface area contributed by atoms with Crippen LogP contribution >= 0.6 is 0 Å². The van der Waals surface area contributed by atoms with Crippen LogP contribution in [0.3, 0.4) is 0 Å². The van der Waals surface area contributed by atoms with Crippen molar-refractivity contribution in [3.8, 4) is 84.5 Å². The van der Waals surface area contributed by atoms with Crippen LogP contribution in [-0.4, -0.2) is 23.3 Å². The van der Waals surface area contributed by atoms with Crippen molar-refractivity contribution in [2.75, 3.05) is 0 Å². The molecule has 0 bridgehead atoms. The van der Waals surface area contributed by atoms with Gasteiger partial charge >= 0.3 is 0 Å². The molecule has 0 atom stereocenters. The van der Waals surface area contributed by atoms with Gasteiger partial charge in [-0.15, -0.1) is 0 Å². The van der Waals surface area contributed by atoms with Gasteiger partial charge in [-0.1, -0.05) is 155 Å². The van der Waals surface area contributed by atoms with Gasteiger partial charge < -0.3 is 18.3 Å². The molecule has 5 aromatic heterocycles. The number of nitriles is 1. The van der Waals surface area contributed by atoms with E-state index in [1.165, 1.54) is 76.5 Å². The largest absolute Gasteiger partial charge is 0.309 e. The number of aryl methyl sites for hydroxylation is 8. The Hall–Kier alpha value is -12.3. The molecule has 0 fully saturated rings. The van der Waals surface area contributed by atoms with E-state index in [-0.39, 0.29) is 0 Å². The first kappa shape index (κ1) is 58.3. The highest BCUT2D eigenvalue weighted by molar-refractivity contribution is 6.15. The fourth-order valence-corrected chi connectivity index (χ4v) is 16.2. The van der Waals surface area contributed by atoms with Gasteiger partial charge in [0, 0.05) is 88.4 Å². The molecule has 0 spiro atoms. The highest BCUT2D eigenvalue weighted by atomic mass is 15.0. The summed E-state index contributed by atoms with van der Waals surface area (Å²) in [5, 5.41) is 22.4. The molecule has 0 radical (unpaired) electrons. The summed E-state index contributed by atoms with van der Waals surface area (Å²) in [6, 6.07) is 102. The lowest BCUT2D eigenvalue weighted by molar-refractivity contribution is 1.12. The number of benzene rings is 13. The van der Waals surface area contributed by atoms with Gasteiger partial charge in [-0.3, -0.25) is 4.98 Å². The Bertz CT molecular complexity index is 6160. The first-order valence-electron chi connectivity index (χ1n) is 33.9. The van der Waals surface area contributed by atoms with Crippen molar-refractivity contribution in [1.82, 2.24) is 23.3 Å². The van der Waals surface area contributed by atoms with Crippen molar-refractivity contribution in [3.05, 3.63) is 317 Å². The van der Waals surface area contributed by atoms with E-state index in [0.29, 0.717) is 5.56 Å². The van der Waals surface area contributed by atoms with Crippen LogP contribution in [-0.2, 0) is 0 Å². The van der Waals surface area contributed by atoms with Gasteiger partial charge in [0.15, 0.2) is 0 Å². The van der Waals surface area contributed by atoms with Crippen molar-refractivity contribution in [2.45, 2.75) is 55.4 Å². The zero-order valence-electron chi connectivity index (χ0n) is 56.1. The molecule has 6 nitrogen and oxygen atoms in total. The van der Waals surface area contributed by atoms with Crippen molar-refractivity contribution in [1.29, 1.82) is 5.26 Å². The normalized spacial score (nSPS) is 11.9. The smallest absolute Gasteiger partial charge is 0.100 e. The lowest BCUT2D eigenvalue weighted by Gasteiger charge is -2.27. The van der Waals surface area contributed by atoms with E-state index in [1.807, 2.05) is 0 Å². The van der Waals surface area contributed by atoms with E-state index in [2.05, 4.69) is 347 Å². The zero-order valence-corrected chi connectivity index (χ0v) is 56.1. The van der Waals surface area contributed by atoms with Crippen LogP contribution in [0.2, 0.25) is 0 Å². The molecular weight excluding hydrogens is 1190 g/mol. The molecule has 18 rings (SSSR count). The Morgan fingerprint density at radius 2 is 0.469 bits per heavy atom. The molecule has 0 unspecified atom stereocenters. The van der Waals surface area contributed by atoms with E-state index < -0.39 is 0 Å². The maximum absolute atomic E-state index is 12.6. The van der Waals surface area contributed by atoms with Crippen LogP contribution in [0.4, 0.5) is 0 Å². The van der Waals surface area contributed by atoms with Gasteiger partial charge in [0.05, 0.1) is 49.7 Å². The molecule has 0 aliphatic heterocycles. The molecular formula is C92H68N6. The lowest BCUT2D eigenvalue weighted by atomic mass is 9.75. The Balaban J connectivity index is 0.949. The third-order valence-corrected chi connectivity index (χ3v) is 20.4. The number of nitrogens with zero attached hydrogens (tertiary/aromatic N) is 6. The SMILES string of the molecule is Cc1ccc2c(c1)c1cc(C)ccc1n2-c1ccc(-c2c(C#N)c(-c3cc(C)nc(C)c3)c(-c3ccc(-n4c5ccc(C)cc5c5cc(C)ccc54)cc3)c(-c3ccc(-n4c5ccc(C)cc5c5cc(C)ccc54)cc3)c2-c2ccc(-n3c4ccccc4c4ccccc43)cc2)cc1. The highest BCUT2D eigenvalue weighted by Gasteiger charge is 2.30. The highest BCUT2D eigenvalue weighted by Crippen LogP contribution is 2.54. The van der Waals surface area contributed by atoms with E-state index in [9.17, 15) is 5.26 Å². The third-order valence-electron chi connectivity index (χ3n) is 20.4. The molecule has 466 valence electrons. The second kappa shape index (κ2) is 22.4. The number of fused-ring (bicyclic) bond motifs is 12. The fraction of sp³-hybridized carbons (Fsp3) is 0.0870. The van der Waals surface area contributed by atoms with Crippen LogP contribution in [0, 0.1) is 66.7 Å². The van der Waals surface area contributed by atoms with Crippen LogP contribution in [0.5, 0.6) is 0 Å². The standard InChI is InChI=1S/C92H68N6/c1-54-17-39-82-73(45-54)74-46-55(2)18-40-83(74)96(82)68-31-23-62(24-32-68)88-79(53-93)89(66-51-60(7)94-61(8)52-66)91(64-27-35-69(36-28-64)97-84-41-19-56(3)47-75(84)76-48-57(4)20-42-85(76)97)92(65-29-37-70(38-30-65)98-86-43-21-58(5)49-77(86)78-50-59(6)22-44-87(78)98)90(88)63-25-33-67(34-26-63)95-80-15-11-9-13-71(80)72-14-10-12-16-81(72)95/h9-52H,1-8H3. The first-order chi connectivity index (χ1) is 47.8. The number of aromatic nitrogens is 5. The second-order valence-corrected chi connectivity index (χ2v) is 27.2. The molecule has 0 aliphatic rings. The minimum atomic E-state index is 0.579. The quantitative estimate of drug-likeness (QED) is 0.145. The van der Waals surface area contributed by atoms with Crippen LogP contribution in [0.25, 0.3) is 166 Å². The first-order valence-corrected chi connectivity index (χ1v) is 33.9. The molecule has 0 saturated carbocycles. The molecule has 5 heterocycles. The van der Waals surface area contributed by atoms with Crippen molar-refractivity contribution < 1.29 is 0 Å². The molecule has 0 aliphatic carbocycles. The van der Waals surface area contributed by atoms with Gasteiger partial charge in [0.25, 0.3) is 0 Å².